The van der Waals surface area contributed by atoms with E-state index in [1.54, 1.807) is 36.1 Å². The lowest BCUT2D eigenvalue weighted by atomic mass is 10.1. The van der Waals surface area contributed by atoms with Crippen molar-refractivity contribution < 1.29 is 19.1 Å². The molecule has 0 aliphatic heterocycles. The van der Waals surface area contributed by atoms with Crippen molar-refractivity contribution >= 4 is 23.5 Å². The Morgan fingerprint density at radius 2 is 1.92 bits per heavy atom. The molecule has 26 heavy (non-hydrogen) atoms. The molecule has 0 aliphatic rings. The molecule has 0 bridgehead atoms. The molecule has 0 heterocycles. The van der Waals surface area contributed by atoms with Gasteiger partial charge in [0.1, 0.15) is 0 Å². The number of rotatable bonds is 10. The van der Waals surface area contributed by atoms with Gasteiger partial charge >= 0.3 is 5.97 Å². The van der Waals surface area contributed by atoms with Crippen LogP contribution in [0.25, 0.3) is 0 Å². The summed E-state index contributed by atoms with van der Waals surface area (Å²) in [6, 6.07) is 6.85. The summed E-state index contributed by atoms with van der Waals surface area (Å²) < 4.78 is 4.78. The summed E-state index contributed by atoms with van der Waals surface area (Å²) in [6.07, 6.45) is 4.16. The fourth-order valence-electron chi connectivity index (χ4n) is 2.73. The van der Waals surface area contributed by atoms with E-state index < -0.39 is 5.92 Å². The van der Waals surface area contributed by atoms with E-state index in [2.05, 4.69) is 12.2 Å². The fraction of sp³-hybridized carbons (Fsp3) is 0.550. The lowest BCUT2D eigenvalue weighted by Gasteiger charge is -2.25. The minimum Gasteiger partial charge on any atom is -0.469 e. The Kier molecular flexibility index (Phi) is 9.41. The van der Waals surface area contributed by atoms with Crippen LogP contribution in [0.4, 0.5) is 5.69 Å². The van der Waals surface area contributed by atoms with Gasteiger partial charge in [-0.15, -0.1) is 0 Å². The maximum absolute atomic E-state index is 13.0. The van der Waals surface area contributed by atoms with Crippen LogP contribution in [0.3, 0.4) is 0 Å². The van der Waals surface area contributed by atoms with E-state index in [-0.39, 0.29) is 17.8 Å². The van der Waals surface area contributed by atoms with Crippen molar-refractivity contribution in [2.45, 2.75) is 46.5 Å². The van der Waals surface area contributed by atoms with Gasteiger partial charge in [0.25, 0.3) is 5.91 Å². The SMILES string of the molecule is CCCCCCN(CC(C)C(=O)OC)C(=O)c1cccc(NC(C)=O)c1. The van der Waals surface area contributed by atoms with Gasteiger partial charge < -0.3 is 15.0 Å². The van der Waals surface area contributed by atoms with Gasteiger partial charge in [0.15, 0.2) is 0 Å². The standard InChI is InChI=1S/C20H30N2O4/c1-5-6-7-8-12-22(14-15(2)20(25)26-4)19(24)17-10-9-11-18(13-17)21-16(3)23/h9-11,13,15H,5-8,12,14H2,1-4H3,(H,21,23). The zero-order chi connectivity index (χ0) is 19.5. The Balaban J connectivity index is 2.90. The van der Waals surface area contributed by atoms with Gasteiger partial charge in [-0.3, -0.25) is 14.4 Å². The highest BCUT2D eigenvalue weighted by Crippen LogP contribution is 2.15. The number of methoxy groups -OCH3 is 1. The molecule has 1 rings (SSSR count). The molecule has 1 N–H and O–H groups in total. The van der Waals surface area contributed by atoms with Gasteiger partial charge in [-0.05, 0) is 24.6 Å². The second-order valence-corrected chi connectivity index (χ2v) is 6.50. The van der Waals surface area contributed by atoms with Crippen LogP contribution in [0.1, 0.15) is 56.8 Å². The normalized spacial score (nSPS) is 11.5. The van der Waals surface area contributed by atoms with E-state index in [0.29, 0.717) is 24.3 Å². The number of hydrogen-bond acceptors (Lipinski definition) is 4. The number of nitrogens with one attached hydrogen (secondary N) is 1. The van der Waals surface area contributed by atoms with Crippen molar-refractivity contribution in [3.63, 3.8) is 0 Å². The van der Waals surface area contributed by atoms with Crippen LogP contribution in [0.2, 0.25) is 0 Å². The Labute approximate surface area is 155 Å². The first kappa shape index (κ1) is 21.7. The summed E-state index contributed by atoms with van der Waals surface area (Å²) in [7, 11) is 1.35. The van der Waals surface area contributed by atoms with Crippen molar-refractivity contribution in [3.05, 3.63) is 29.8 Å². The average molecular weight is 362 g/mol. The molecule has 144 valence electrons. The molecule has 6 heteroatoms. The molecule has 0 aliphatic carbocycles. The Hall–Kier alpha value is -2.37. The molecule has 0 spiro atoms. The van der Waals surface area contributed by atoms with Gasteiger partial charge in [0.05, 0.1) is 13.0 Å². The number of unbranched alkanes of at least 4 members (excludes halogenated alkanes) is 3. The molecule has 1 aromatic rings. The van der Waals surface area contributed by atoms with E-state index in [9.17, 15) is 14.4 Å². The quantitative estimate of drug-likeness (QED) is 0.511. The van der Waals surface area contributed by atoms with Gasteiger partial charge in [-0.25, -0.2) is 0 Å². The third-order valence-corrected chi connectivity index (χ3v) is 4.10. The fourth-order valence-corrected chi connectivity index (χ4v) is 2.73. The van der Waals surface area contributed by atoms with Crippen LogP contribution in [0, 0.1) is 5.92 Å². The molecule has 0 saturated heterocycles. The summed E-state index contributed by atoms with van der Waals surface area (Å²) in [4.78, 5) is 37.6. The summed E-state index contributed by atoms with van der Waals surface area (Å²) in [5.41, 5.74) is 1.07. The third-order valence-electron chi connectivity index (χ3n) is 4.10. The predicted molar refractivity (Wildman–Crippen MR) is 102 cm³/mol. The smallest absolute Gasteiger partial charge is 0.310 e. The van der Waals surface area contributed by atoms with Crippen molar-refractivity contribution in [1.29, 1.82) is 0 Å². The Morgan fingerprint density at radius 1 is 1.19 bits per heavy atom. The summed E-state index contributed by atoms with van der Waals surface area (Å²) in [6.45, 7) is 6.21. The second-order valence-electron chi connectivity index (χ2n) is 6.50. The first-order valence-corrected chi connectivity index (χ1v) is 9.13. The van der Waals surface area contributed by atoms with Crippen LogP contribution < -0.4 is 5.32 Å². The number of ether oxygens (including phenoxy) is 1. The van der Waals surface area contributed by atoms with Gasteiger partial charge in [0.2, 0.25) is 5.91 Å². The van der Waals surface area contributed by atoms with E-state index in [1.165, 1.54) is 14.0 Å². The highest BCUT2D eigenvalue weighted by Gasteiger charge is 2.22. The maximum atomic E-state index is 13.0. The Morgan fingerprint density at radius 3 is 2.54 bits per heavy atom. The van der Waals surface area contributed by atoms with E-state index in [1.807, 2.05) is 0 Å². The Bertz CT molecular complexity index is 616. The van der Waals surface area contributed by atoms with Crippen molar-refractivity contribution in [1.82, 2.24) is 4.90 Å². The second kappa shape index (κ2) is 11.3. The number of carbonyl (C=O) groups excluding carboxylic acids is 3. The van der Waals surface area contributed by atoms with Crippen molar-refractivity contribution in [2.24, 2.45) is 5.92 Å². The van der Waals surface area contributed by atoms with Crippen LogP contribution in [-0.4, -0.2) is 42.9 Å². The van der Waals surface area contributed by atoms with Crippen LogP contribution in [-0.2, 0) is 14.3 Å². The van der Waals surface area contributed by atoms with E-state index >= 15 is 0 Å². The number of anilines is 1. The molecule has 6 nitrogen and oxygen atoms in total. The highest BCUT2D eigenvalue weighted by atomic mass is 16.5. The molecule has 0 saturated carbocycles. The molecule has 0 aromatic heterocycles. The highest BCUT2D eigenvalue weighted by molar-refractivity contribution is 5.97. The number of amides is 2. The first-order valence-electron chi connectivity index (χ1n) is 9.13. The molecule has 0 fully saturated rings. The molecule has 1 aromatic carbocycles. The molecule has 2 amide bonds. The molecule has 1 unspecified atom stereocenters. The minimum atomic E-state index is -0.395. The summed E-state index contributed by atoms with van der Waals surface area (Å²) in [5.74, 6) is -1.06. The molecular formula is C20H30N2O4. The lowest BCUT2D eigenvalue weighted by molar-refractivity contribution is -0.145. The van der Waals surface area contributed by atoms with Crippen molar-refractivity contribution in [3.8, 4) is 0 Å². The first-order chi connectivity index (χ1) is 12.4. The molecule has 1 atom stereocenters. The lowest BCUT2D eigenvalue weighted by Crippen LogP contribution is -2.38. The minimum absolute atomic E-state index is 0.149. The van der Waals surface area contributed by atoms with Crippen LogP contribution in [0.15, 0.2) is 24.3 Å². The van der Waals surface area contributed by atoms with Gasteiger partial charge in [-0.2, -0.15) is 0 Å². The largest absolute Gasteiger partial charge is 0.469 e. The van der Waals surface area contributed by atoms with E-state index in [0.717, 1.165) is 25.7 Å². The number of nitrogens with zero attached hydrogens (tertiary/aromatic N) is 1. The zero-order valence-corrected chi connectivity index (χ0v) is 16.2. The maximum Gasteiger partial charge on any atom is 0.310 e. The monoisotopic (exact) mass is 362 g/mol. The summed E-state index contributed by atoms with van der Waals surface area (Å²) >= 11 is 0. The number of esters is 1. The van der Waals surface area contributed by atoms with Crippen LogP contribution in [0.5, 0.6) is 0 Å². The topological polar surface area (TPSA) is 75.7 Å². The number of hydrogen-bond donors (Lipinski definition) is 1. The zero-order valence-electron chi connectivity index (χ0n) is 16.2. The molecular weight excluding hydrogens is 332 g/mol. The third kappa shape index (κ3) is 7.25. The summed E-state index contributed by atoms with van der Waals surface area (Å²) in [5, 5.41) is 2.68. The van der Waals surface area contributed by atoms with Gasteiger partial charge in [0, 0.05) is 31.3 Å². The van der Waals surface area contributed by atoms with Gasteiger partial charge in [-0.1, -0.05) is 39.2 Å². The molecule has 0 radical (unpaired) electrons. The van der Waals surface area contributed by atoms with Crippen LogP contribution >= 0.6 is 0 Å². The van der Waals surface area contributed by atoms with E-state index in [4.69, 9.17) is 4.74 Å². The number of carbonyl (C=O) groups is 3. The predicted octanol–water partition coefficient (Wildman–Crippen LogP) is 3.48. The van der Waals surface area contributed by atoms with Crippen molar-refractivity contribution in [2.75, 3.05) is 25.5 Å². The average Bonchev–Trinajstić information content (AvgIpc) is 2.62. The number of benzene rings is 1.